The summed E-state index contributed by atoms with van der Waals surface area (Å²) in [6, 6.07) is 0. The van der Waals surface area contributed by atoms with E-state index in [0.29, 0.717) is 26.2 Å². The summed E-state index contributed by atoms with van der Waals surface area (Å²) in [7, 11) is 1.68. The number of carboxylic acid groups (broad SMARTS) is 1. The molecule has 1 N–H and O–H groups in total. The summed E-state index contributed by atoms with van der Waals surface area (Å²) in [5.41, 5.74) is 0.355. The van der Waals surface area contributed by atoms with Gasteiger partial charge in [0.2, 0.25) is 0 Å². The predicted molar refractivity (Wildman–Crippen MR) is 86.8 cm³/mol. The smallest absolute Gasteiger partial charge is 0.326 e. The van der Waals surface area contributed by atoms with Crippen molar-refractivity contribution in [3.63, 3.8) is 0 Å². The van der Waals surface area contributed by atoms with Gasteiger partial charge in [-0.1, -0.05) is 0 Å². The second kappa shape index (κ2) is 7.60. The molecule has 3 heterocycles. The number of hydrogen-bond acceptors (Lipinski definition) is 6. The van der Waals surface area contributed by atoms with Crippen LogP contribution in [0.5, 0.6) is 0 Å². The number of ether oxygens (including phenoxy) is 2. The van der Waals surface area contributed by atoms with Crippen LogP contribution >= 0.6 is 0 Å². The van der Waals surface area contributed by atoms with Crippen molar-refractivity contribution < 1.29 is 19.4 Å². The van der Waals surface area contributed by atoms with E-state index in [0.717, 1.165) is 39.3 Å². The first-order chi connectivity index (χ1) is 11.6. The van der Waals surface area contributed by atoms with E-state index in [1.54, 1.807) is 7.11 Å². The van der Waals surface area contributed by atoms with Gasteiger partial charge in [0, 0.05) is 64.6 Å². The first-order valence-corrected chi connectivity index (χ1v) is 8.43. The van der Waals surface area contributed by atoms with E-state index in [1.807, 2.05) is 10.9 Å². The fourth-order valence-electron chi connectivity index (χ4n) is 3.49. The van der Waals surface area contributed by atoms with Crippen molar-refractivity contribution in [3.05, 3.63) is 18.0 Å². The van der Waals surface area contributed by atoms with E-state index in [2.05, 4.69) is 21.1 Å². The number of aliphatic carboxylic acids is 1. The molecule has 1 aromatic rings. The molecular formula is C16H26N4O4. The molecule has 0 bridgehead atoms. The third-order valence-corrected chi connectivity index (χ3v) is 4.99. The number of methoxy groups -OCH3 is 1. The molecule has 3 rings (SSSR count). The van der Waals surface area contributed by atoms with Gasteiger partial charge in [-0.15, -0.1) is 0 Å². The van der Waals surface area contributed by atoms with E-state index >= 15 is 0 Å². The number of piperazine rings is 1. The fourth-order valence-corrected chi connectivity index (χ4v) is 3.49. The molecule has 2 aliphatic heterocycles. The third kappa shape index (κ3) is 3.61. The Bertz CT molecular complexity index is 548. The lowest BCUT2D eigenvalue weighted by Gasteiger charge is -2.42. The SMILES string of the molecule is COCCn1cc(CN2CCN(C3(C(=O)O)CCOC3)CC2)cn1. The van der Waals surface area contributed by atoms with Crippen molar-refractivity contribution in [3.8, 4) is 0 Å². The molecule has 2 fully saturated rings. The van der Waals surface area contributed by atoms with Gasteiger partial charge in [0.15, 0.2) is 0 Å². The van der Waals surface area contributed by atoms with Crippen molar-refractivity contribution >= 4 is 5.97 Å². The number of nitrogens with zero attached hydrogens (tertiary/aromatic N) is 4. The molecule has 1 aromatic heterocycles. The topological polar surface area (TPSA) is 80.1 Å². The van der Waals surface area contributed by atoms with E-state index in [9.17, 15) is 9.90 Å². The number of hydrogen-bond donors (Lipinski definition) is 1. The molecule has 1 atom stereocenters. The average Bonchev–Trinajstić information content (AvgIpc) is 3.24. The van der Waals surface area contributed by atoms with Gasteiger partial charge >= 0.3 is 5.97 Å². The zero-order chi connectivity index (χ0) is 17.0. The van der Waals surface area contributed by atoms with Gasteiger partial charge in [0.25, 0.3) is 0 Å². The average molecular weight is 338 g/mol. The quantitative estimate of drug-likeness (QED) is 0.743. The maximum Gasteiger partial charge on any atom is 0.326 e. The molecule has 2 aliphatic rings. The summed E-state index contributed by atoms with van der Waals surface area (Å²) in [5.74, 6) is -0.757. The van der Waals surface area contributed by atoms with Gasteiger partial charge in [-0.05, 0) is 0 Å². The fraction of sp³-hybridized carbons (Fsp3) is 0.750. The van der Waals surface area contributed by atoms with Crippen LogP contribution in [0.15, 0.2) is 12.4 Å². The normalized spacial score (nSPS) is 26.0. The van der Waals surface area contributed by atoms with Crippen LogP contribution in [0, 0.1) is 0 Å². The molecule has 2 saturated heterocycles. The summed E-state index contributed by atoms with van der Waals surface area (Å²) < 4.78 is 12.3. The molecular weight excluding hydrogens is 312 g/mol. The Hall–Kier alpha value is -1.48. The highest BCUT2D eigenvalue weighted by atomic mass is 16.5. The van der Waals surface area contributed by atoms with Crippen molar-refractivity contribution in [2.45, 2.75) is 25.0 Å². The molecule has 24 heavy (non-hydrogen) atoms. The minimum Gasteiger partial charge on any atom is -0.480 e. The lowest BCUT2D eigenvalue weighted by molar-refractivity contribution is -0.153. The lowest BCUT2D eigenvalue weighted by atomic mass is 9.95. The van der Waals surface area contributed by atoms with Crippen LogP contribution in [-0.4, -0.2) is 89.3 Å². The van der Waals surface area contributed by atoms with Gasteiger partial charge in [0.1, 0.15) is 5.54 Å². The largest absolute Gasteiger partial charge is 0.480 e. The number of rotatable bonds is 7. The van der Waals surface area contributed by atoms with Crippen LogP contribution in [0.1, 0.15) is 12.0 Å². The zero-order valence-electron chi connectivity index (χ0n) is 14.2. The molecule has 0 radical (unpaired) electrons. The summed E-state index contributed by atoms with van der Waals surface area (Å²) in [4.78, 5) is 16.2. The molecule has 8 heteroatoms. The van der Waals surface area contributed by atoms with Crippen LogP contribution < -0.4 is 0 Å². The second-order valence-corrected chi connectivity index (χ2v) is 6.51. The molecule has 0 amide bonds. The highest BCUT2D eigenvalue weighted by Gasteiger charge is 2.48. The van der Waals surface area contributed by atoms with Crippen LogP contribution in [0.4, 0.5) is 0 Å². The van der Waals surface area contributed by atoms with Crippen LogP contribution in [0.2, 0.25) is 0 Å². The molecule has 0 spiro atoms. The Morgan fingerprint density at radius 1 is 1.42 bits per heavy atom. The van der Waals surface area contributed by atoms with Gasteiger partial charge < -0.3 is 14.6 Å². The standard InChI is InChI=1S/C16H26N4O4/c1-23-9-7-20-12-14(10-17-20)11-18-3-5-19(6-4-18)16(15(21)22)2-8-24-13-16/h10,12H,2-9,11,13H2,1H3,(H,21,22). The number of aromatic nitrogens is 2. The van der Waals surface area contributed by atoms with Gasteiger partial charge in [-0.25, -0.2) is 0 Å². The predicted octanol–water partition coefficient (Wildman–Crippen LogP) is -0.109. The van der Waals surface area contributed by atoms with Crippen LogP contribution in [0.3, 0.4) is 0 Å². The van der Waals surface area contributed by atoms with E-state index in [4.69, 9.17) is 9.47 Å². The maximum atomic E-state index is 11.7. The summed E-state index contributed by atoms with van der Waals surface area (Å²) >= 11 is 0. The van der Waals surface area contributed by atoms with E-state index < -0.39 is 11.5 Å². The minimum absolute atomic E-state index is 0.300. The van der Waals surface area contributed by atoms with Gasteiger partial charge in [-0.2, -0.15) is 5.10 Å². The van der Waals surface area contributed by atoms with Gasteiger partial charge in [-0.3, -0.25) is 19.3 Å². The van der Waals surface area contributed by atoms with E-state index in [1.165, 1.54) is 5.56 Å². The highest BCUT2D eigenvalue weighted by molar-refractivity contribution is 5.79. The van der Waals surface area contributed by atoms with Gasteiger partial charge in [0.05, 0.1) is 26.0 Å². The molecule has 0 aromatic carbocycles. The summed E-state index contributed by atoms with van der Waals surface area (Å²) in [5, 5.41) is 14.0. The summed E-state index contributed by atoms with van der Waals surface area (Å²) in [6.07, 6.45) is 4.52. The van der Waals surface area contributed by atoms with E-state index in [-0.39, 0.29) is 0 Å². The third-order valence-electron chi connectivity index (χ3n) is 4.99. The Morgan fingerprint density at radius 2 is 2.21 bits per heavy atom. The van der Waals surface area contributed by atoms with Crippen molar-refractivity contribution in [2.75, 3.05) is 53.1 Å². The summed E-state index contributed by atoms with van der Waals surface area (Å²) in [6.45, 7) is 6.32. The Labute approximate surface area is 141 Å². The van der Waals surface area contributed by atoms with Crippen LogP contribution in [0.25, 0.3) is 0 Å². The first-order valence-electron chi connectivity index (χ1n) is 8.43. The first kappa shape index (κ1) is 17.3. The Kier molecular flexibility index (Phi) is 5.50. The zero-order valence-corrected chi connectivity index (χ0v) is 14.2. The number of carbonyl (C=O) groups is 1. The van der Waals surface area contributed by atoms with Crippen molar-refractivity contribution in [1.82, 2.24) is 19.6 Å². The number of carboxylic acids is 1. The molecule has 0 aliphatic carbocycles. The monoisotopic (exact) mass is 338 g/mol. The van der Waals surface area contributed by atoms with Crippen LogP contribution in [-0.2, 0) is 27.4 Å². The molecule has 134 valence electrons. The highest BCUT2D eigenvalue weighted by Crippen LogP contribution is 2.28. The Balaban J connectivity index is 1.52. The van der Waals surface area contributed by atoms with Crippen molar-refractivity contribution in [2.24, 2.45) is 0 Å². The lowest BCUT2D eigenvalue weighted by Crippen LogP contribution is -2.61. The molecule has 8 nitrogen and oxygen atoms in total. The van der Waals surface area contributed by atoms with Crippen molar-refractivity contribution in [1.29, 1.82) is 0 Å². The molecule has 1 unspecified atom stereocenters. The molecule has 0 saturated carbocycles. The maximum absolute atomic E-state index is 11.7. The second-order valence-electron chi connectivity index (χ2n) is 6.51. The minimum atomic E-state index is -0.822. The Morgan fingerprint density at radius 3 is 2.83 bits per heavy atom.